The Hall–Kier alpha value is -2.01. The van der Waals surface area contributed by atoms with Crippen LogP contribution in [-0.2, 0) is 0 Å². The molecule has 0 spiro atoms. The maximum atomic E-state index is 11.9. The first-order valence-electron chi connectivity index (χ1n) is 5.22. The van der Waals surface area contributed by atoms with E-state index in [1.807, 2.05) is 0 Å². The number of amides is 1. The molecule has 1 amide bonds. The summed E-state index contributed by atoms with van der Waals surface area (Å²) < 4.78 is 0.521. The molecule has 18 heavy (non-hydrogen) atoms. The summed E-state index contributed by atoms with van der Waals surface area (Å²) in [5.41, 5.74) is 6.91. The fourth-order valence-corrected chi connectivity index (χ4v) is 1.86. The lowest BCUT2D eigenvalue weighted by Gasteiger charge is -2.08. The Kier molecular flexibility index (Phi) is 3.53. The van der Waals surface area contributed by atoms with E-state index in [0.717, 1.165) is 0 Å². The monoisotopic (exact) mass is 306 g/mol. The lowest BCUT2D eigenvalue weighted by Crippen LogP contribution is -2.12. The van der Waals surface area contributed by atoms with E-state index in [1.165, 1.54) is 0 Å². The van der Waals surface area contributed by atoms with Gasteiger partial charge in [0.25, 0.3) is 5.91 Å². The molecule has 0 heterocycles. The Morgan fingerprint density at radius 2 is 1.94 bits per heavy atom. The number of phenolic OH excluding ortho intramolecular Hbond substituents is 1. The predicted octanol–water partition coefficient (Wildman–Crippen LogP) is 2.99. The fourth-order valence-electron chi connectivity index (χ4n) is 1.49. The largest absolute Gasteiger partial charge is 0.505 e. The zero-order valence-electron chi connectivity index (χ0n) is 9.35. The molecule has 0 saturated heterocycles. The number of benzene rings is 2. The summed E-state index contributed by atoms with van der Waals surface area (Å²) in [4.78, 5) is 11.9. The van der Waals surface area contributed by atoms with Crippen LogP contribution < -0.4 is 11.1 Å². The van der Waals surface area contributed by atoms with Gasteiger partial charge in [-0.15, -0.1) is 0 Å². The molecular formula is C13H11BrN2O2. The molecule has 0 unspecified atom stereocenters. The third-order valence-corrected chi connectivity index (χ3v) is 3.02. The average molecular weight is 307 g/mol. The molecule has 0 radical (unpaired) electrons. The van der Waals surface area contributed by atoms with E-state index in [9.17, 15) is 9.90 Å². The molecule has 0 fully saturated rings. The van der Waals surface area contributed by atoms with Crippen molar-refractivity contribution in [1.82, 2.24) is 0 Å². The first-order valence-corrected chi connectivity index (χ1v) is 6.01. The quantitative estimate of drug-likeness (QED) is 0.590. The zero-order valence-corrected chi connectivity index (χ0v) is 10.9. The first kappa shape index (κ1) is 12.4. The van der Waals surface area contributed by atoms with Gasteiger partial charge in [-0.2, -0.15) is 0 Å². The number of nitrogens with two attached hydrogens (primary N) is 1. The van der Waals surface area contributed by atoms with Gasteiger partial charge in [0, 0.05) is 11.3 Å². The van der Waals surface area contributed by atoms with Crippen molar-refractivity contribution in [1.29, 1.82) is 0 Å². The molecule has 2 rings (SSSR count). The number of carbonyl (C=O) groups is 1. The highest BCUT2D eigenvalue weighted by Crippen LogP contribution is 2.31. The summed E-state index contributed by atoms with van der Waals surface area (Å²) in [6.45, 7) is 0. The normalized spacial score (nSPS) is 10.1. The van der Waals surface area contributed by atoms with E-state index in [2.05, 4.69) is 21.2 Å². The SMILES string of the molecule is Nc1cccc(C(=O)Nc2cccc(Br)c2O)c1. The van der Waals surface area contributed by atoms with Crippen LogP contribution in [0.2, 0.25) is 0 Å². The van der Waals surface area contributed by atoms with Crippen molar-refractivity contribution < 1.29 is 9.90 Å². The Morgan fingerprint density at radius 1 is 1.22 bits per heavy atom. The molecule has 5 heteroatoms. The van der Waals surface area contributed by atoms with Crippen molar-refractivity contribution in [2.24, 2.45) is 0 Å². The fraction of sp³-hybridized carbons (Fsp3) is 0. The van der Waals surface area contributed by atoms with E-state index in [1.54, 1.807) is 42.5 Å². The van der Waals surface area contributed by atoms with Crippen molar-refractivity contribution >= 4 is 33.2 Å². The molecule has 0 atom stereocenters. The minimum atomic E-state index is -0.323. The maximum Gasteiger partial charge on any atom is 0.255 e. The van der Waals surface area contributed by atoms with Gasteiger partial charge < -0.3 is 16.2 Å². The average Bonchev–Trinajstić information content (AvgIpc) is 2.35. The number of hydrogen-bond acceptors (Lipinski definition) is 3. The smallest absolute Gasteiger partial charge is 0.255 e. The predicted molar refractivity (Wildman–Crippen MR) is 74.6 cm³/mol. The number of para-hydroxylation sites is 1. The van der Waals surface area contributed by atoms with Gasteiger partial charge in [0.2, 0.25) is 0 Å². The second-order valence-electron chi connectivity index (χ2n) is 3.72. The molecule has 0 bridgehead atoms. The number of rotatable bonds is 2. The summed E-state index contributed by atoms with van der Waals surface area (Å²) in [5.74, 6) is -0.328. The third-order valence-electron chi connectivity index (χ3n) is 2.38. The van der Waals surface area contributed by atoms with Crippen LogP contribution in [0.4, 0.5) is 11.4 Å². The van der Waals surface area contributed by atoms with Crippen LogP contribution in [-0.4, -0.2) is 11.0 Å². The van der Waals surface area contributed by atoms with Crippen LogP contribution in [0, 0.1) is 0 Å². The second-order valence-corrected chi connectivity index (χ2v) is 4.57. The summed E-state index contributed by atoms with van der Waals surface area (Å²) in [6, 6.07) is 11.7. The number of halogens is 1. The minimum absolute atomic E-state index is 0.00486. The molecule has 4 N–H and O–H groups in total. The van der Waals surface area contributed by atoms with E-state index >= 15 is 0 Å². The number of hydrogen-bond donors (Lipinski definition) is 3. The van der Waals surface area contributed by atoms with E-state index < -0.39 is 0 Å². The zero-order chi connectivity index (χ0) is 13.1. The van der Waals surface area contributed by atoms with Crippen LogP contribution in [0.3, 0.4) is 0 Å². The van der Waals surface area contributed by atoms with Gasteiger partial charge in [0.1, 0.15) is 0 Å². The van der Waals surface area contributed by atoms with E-state index in [4.69, 9.17) is 5.73 Å². The Morgan fingerprint density at radius 3 is 2.67 bits per heavy atom. The van der Waals surface area contributed by atoms with Gasteiger partial charge in [-0.1, -0.05) is 12.1 Å². The molecule has 0 saturated carbocycles. The van der Waals surface area contributed by atoms with Crippen molar-refractivity contribution in [3.63, 3.8) is 0 Å². The molecule has 2 aromatic rings. The van der Waals surface area contributed by atoms with Crippen LogP contribution in [0.15, 0.2) is 46.9 Å². The summed E-state index contributed by atoms with van der Waals surface area (Å²) in [6.07, 6.45) is 0. The van der Waals surface area contributed by atoms with Crippen molar-refractivity contribution in [3.05, 3.63) is 52.5 Å². The van der Waals surface area contributed by atoms with E-state index in [-0.39, 0.29) is 11.7 Å². The van der Waals surface area contributed by atoms with Crippen molar-refractivity contribution in [2.45, 2.75) is 0 Å². The van der Waals surface area contributed by atoms with Gasteiger partial charge in [0.05, 0.1) is 10.2 Å². The lowest BCUT2D eigenvalue weighted by atomic mass is 10.2. The van der Waals surface area contributed by atoms with Gasteiger partial charge in [-0.05, 0) is 46.3 Å². The number of carbonyl (C=O) groups excluding carboxylic acids is 1. The van der Waals surface area contributed by atoms with E-state index in [0.29, 0.717) is 21.4 Å². The summed E-state index contributed by atoms with van der Waals surface area (Å²) >= 11 is 3.18. The number of phenols is 1. The van der Waals surface area contributed by atoms with Gasteiger partial charge >= 0.3 is 0 Å². The Labute approximate surface area is 113 Å². The molecule has 0 aliphatic carbocycles. The number of nitrogens with one attached hydrogen (secondary N) is 1. The minimum Gasteiger partial charge on any atom is -0.505 e. The molecule has 4 nitrogen and oxygen atoms in total. The number of aromatic hydroxyl groups is 1. The molecule has 0 aliphatic rings. The van der Waals surface area contributed by atoms with Crippen LogP contribution in [0.5, 0.6) is 5.75 Å². The highest BCUT2D eigenvalue weighted by Gasteiger charge is 2.10. The topological polar surface area (TPSA) is 75.4 Å². The highest BCUT2D eigenvalue weighted by atomic mass is 79.9. The first-order chi connectivity index (χ1) is 8.58. The van der Waals surface area contributed by atoms with Gasteiger partial charge in [-0.25, -0.2) is 0 Å². The van der Waals surface area contributed by atoms with Crippen molar-refractivity contribution in [3.8, 4) is 5.75 Å². The van der Waals surface area contributed by atoms with Crippen molar-refractivity contribution in [2.75, 3.05) is 11.1 Å². The third kappa shape index (κ3) is 2.62. The Balaban J connectivity index is 2.24. The van der Waals surface area contributed by atoms with Crippen LogP contribution >= 0.6 is 15.9 Å². The highest BCUT2D eigenvalue weighted by molar-refractivity contribution is 9.10. The standard InChI is InChI=1S/C13H11BrN2O2/c14-10-5-2-6-11(12(10)17)16-13(18)8-3-1-4-9(15)7-8/h1-7,17H,15H2,(H,16,18). The molecule has 0 aliphatic heterocycles. The van der Waals surface area contributed by atoms with Crippen LogP contribution in [0.1, 0.15) is 10.4 Å². The molecule has 92 valence electrons. The molecule has 2 aromatic carbocycles. The lowest BCUT2D eigenvalue weighted by molar-refractivity contribution is 0.102. The summed E-state index contributed by atoms with van der Waals surface area (Å²) in [5, 5.41) is 12.4. The van der Waals surface area contributed by atoms with Gasteiger partial charge in [-0.3, -0.25) is 4.79 Å². The Bertz CT molecular complexity index is 599. The molecular weight excluding hydrogens is 296 g/mol. The maximum absolute atomic E-state index is 11.9. The van der Waals surface area contributed by atoms with Crippen LogP contribution in [0.25, 0.3) is 0 Å². The molecule has 0 aromatic heterocycles. The second kappa shape index (κ2) is 5.10. The van der Waals surface area contributed by atoms with Gasteiger partial charge in [0.15, 0.2) is 5.75 Å². The number of nitrogen functional groups attached to an aromatic ring is 1. The summed E-state index contributed by atoms with van der Waals surface area (Å²) in [7, 11) is 0. The number of anilines is 2.